The minimum absolute atomic E-state index is 0.0346. The number of carbonyl (C=O) groups is 4. The number of hydrogen-bond donors (Lipinski definition) is 0. The minimum atomic E-state index is -1.02. The number of benzene rings is 4. The molecule has 0 saturated heterocycles. The lowest BCUT2D eigenvalue weighted by Crippen LogP contribution is -2.28. The molecule has 63 heavy (non-hydrogen) atoms. The maximum atomic E-state index is 14.2. The van der Waals surface area contributed by atoms with Gasteiger partial charge in [0.05, 0.1) is 25.2 Å². The molecule has 0 N–H and O–H groups in total. The molecule has 6 aliphatic carbocycles. The Morgan fingerprint density at radius 3 is 1.43 bits per heavy atom. The maximum absolute atomic E-state index is 14.2. The lowest BCUT2D eigenvalue weighted by atomic mass is 9.66. The highest BCUT2D eigenvalue weighted by atomic mass is 32.1. The van der Waals surface area contributed by atoms with E-state index in [-0.39, 0.29) is 55.8 Å². The zero-order valence-corrected chi connectivity index (χ0v) is 35.8. The van der Waals surface area contributed by atoms with Crippen LogP contribution in [0, 0.1) is 28.7 Å². The first-order valence-corrected chi connectivity index (χ1v) is 23.8. The fourth-order valence-corrected chi connectivity index (χ4v) is 16.5. The van der Waals surface area contributed by atoms with Crippen LogP contribution < -0.4 is 0 Å². The number of hydrogen-bond acceptors (Lipinski definition) is 7. The van der Waals surface area contributed by atoms with Crippen molar-refractivity contribution in [1.29, 1.82) is 0 Å². The van der Waals surface area contributed by atoms with E-state index in [1.807, 2.05) is 17.4 Å². The molecule has 11 heteroatoms. The molecule has 2 spiro atoms. The number of allylic oxidation sites excluding steroid dienone is 7. The maximum Gasteiger partial charge on any atom is 0.197 e. The van der Waals surface area contributed by atoms with Crippen molar-refractivity contribution in [2.24, 2.45) is 5.41 Å². The highest BCUT2D eigenvalue weighted by molar-refractivity contribution is 7.39. The summed E-state index contributed by atoms with van der Waals surface area (Å²) in [6.07, 6.45) is 16.1. The van der Waals surface area contributed by atoms with Crippen LogP contribution in [0.3, 0.4) is 0 Å². The van der Waals surface area contributed by atoms with Crippen LogP contribution in [0.15, 0.2) is 89.0 Å². The van der Waals surface area contributed by atoms with E-state index in [9.17, 15) is 36.7 Å². The zero-order chi connectivity index (χ0) is 42.8. The number of Topliss-reactive ketones (excluding diaryl/α,β-unsaturated/α-hetero) is 4. The minimum Gasteiger partial charge on any atom is -0.288 e. The average molecular weight is 893 g/mol. The summed E-state index contributed by atoms with van der Waals surface area (Å²) in [7, 11) is 0. The van der Waals surface area contributed by atoms with E-state index in [4.69, 9.17) is 0 Å². The predicted octanol–water partition coefficient (Wildman–Crippen LogP) is 14.4. The predicted molar refractivity (Wildman–Crippen MR) is 241 cm³/mol. The van der Waals surface area contributed by atoms with Crippen molar-refractivity contribution >= 4 is 109 Å². The van der Waals surface area contributed by atoms with E-state index in [2.05, 4.69) is 12.1 Å². The van der Waals surface area contributed by atoms with Gasteiger partial charge in [-0.3, -0.25) is 19.2 Å². The Morgan fingerprint density at radius 1 is 0.476 bits per heavy atom. The van der Waals surface area contributed by atoms with Crippen LogP contribution in [0.25, 0.3) is 52.0 Å². The monoisotopic (exact) mass is 892 g/mol. The van der Waals surface area contributed by atoms with Crippen molar-refractivity contribution in [2.75, 3.05) is 0 Å². The van der Waals surface area contributed by atoms with Crippen LogP contribution in [0.2, 0.25) is 0 Å². The molecule has 0 amide bonds. The van der Waals surface area contributed by atoms with Crippen molar-refractivity contribution < 1.29 is 36.7 Å². The molecule has 0 unspecified atom stereocenters. The number of thiophene rings is 3. The van der Waals surface area contributed by atoms with Gasteiger partial charge in [0.1, 0.15) is 0 Å². The number of carbonyl (C=O) groups excluding carboxylic acids is 4. The molecule has 2 saturated carbocycles. The van der Waals surface area contributed by atoms with Gasteiger partial charge in [-0.1, -0.05) is 44.6 Å². The van der Waals surface area contributed by atoms with Crippen LogP contribution in [0.5, 0.6) is 0 Å². The van der Waals surface area contributed by atoms with Crippen molar-refractivity contribution in [1.82, 2.24) is 0 Å². The van der Waals surface area contributed by atoms with Crippen LogP contribution in [0.4, 0.5) is 17.6 Å². The third kappa shape index (κ3) is 5.01. The summed E-state index contributed by atoms with van der Waals surface area (Å²) in [6.45, 7) is 0. The molecule has 3 heterocycles. The summed E-state index contributed by atoms with van der Waals surface area (Å²) in [4.78, 5) is 57.7. The highest BCUT2D eigenvalue weighted by Gasteiger charge is 2.57. The van der Waals surface area contributed by atoms with E-state index < -0.39 is 34.8 Å². The van der Waals surface area contributed by atoms with Gasteiger partial charge in [-0.15, -0.1) is 34.0 Å². The molecular weight excluding hydrogens is 861 g/mol. The van der Waals surface area contributed by atoms with E-state index >= 15 is 0 Å². The largest absolute Gasteiger partial charge is 0.288 e. The Bertz CT molecular complexity index is 3410. The van der Waals surface area contributed by atoms with Crippen LogP contribution in [-0.4, -0.2) is 23.1 Å². The molecule has 0 aliphatic heterocycles. The standard InChI is InChI=1S/C52H32F4O4S3/c53-36-15-23-11-29-30(12-24(23)16-37(36)54)44(58)33(43(29)57)19-27-20-35-41(51(27)7-3-1-4-8-51)48-42(52(35)9-5-2-6-10-52)49-50(63-48)47-40(62-49)22-28(61-47)21-34-45(59)31-13-25-17-38(55)39(56)18-26(25)14-32(31)46(34)60/h11-22H,1-10H2. The molecule has 6 aliphatic rings. The first-order valence-electron chi connectivity index (χ1n) is 21.4. The quantitative estimate of drug-likeness (QED) is 0.0985. The fraction of sp³-hybridized carbons (Fsp3) is 0.231. The molecule has 3 aromatic heterocycles. The smallest absolute Gasteiger partial charge is 0.197 e. The van der Waals surface area contributed by atoms with Gasteiger partial charge < -0.3 is 0 Å². The van der Waals surface area contributed by atoms with E-state index in [0.717, 1.165) is 108 Å². The number of rotatable bonds is 2. The van der Waals surface area contributed by atoms with Gasteiger partial charge >= 0.3 is 0 Å². The third-order valence-electron chi connectivity index (χ3n) is 14.8. The molecule has 0 bridgehead atoms. The molecule has 0 radical (unpaired) electrons. The lowest BCUT2D eigenvalue weighted by Gasteiger charge is -2.38. The Kier molecular flexibility index (Phi) is 7.81. The first-order chi connectivity index (χ1) is 30.4. The first kappa shape index (κ1) is 37.9. The van der Waals surface area contributed by atoms with Crippen LogP contribution in [0.1, 0.15) is 121 Å². The number of ketones is 4. The average Bonchev–Trinajstić information content (AvgIpc) is 4.11. The molecule has 13 rings (SSSR count). The van der Waals surface area contributed by atoms with Gasteiger partial charge in [-0.05, 0) is 136 Å². The van der Waals surface area contributed by atoms with Gasteiger partial charge in [-0.25, -0.2) is 17.6 Å². The van der Waals surface area contributed by atoms with Gasteiger partial charge in [0, 0.05) is 47.5 Å². The number of halogens is 4. The summed E-state index contributed by atoms with van der Waals surface area (Å²) in [6, 6.07) is 12.2. The fourth-order valence-electron chi connectivity index (χ4n) is 11.9. The van der Waals surface area contributed by atoms with Crippen LogP contribution in [-0.2, 0) is 5.41 Å². The van der Waals surface area contributed by atoms with Crippen molar-refractivity contribution in [2.45, 2.75) is 69.6 Å². The molecule has 4 nitrogen and oxygen atoms in total. The highest BCUT2D eigenvalue weighted by Crippen LogP contribution is 2.70. The molecule has 7 aromatic rings. The third-order valence-corrected chi connectivity index (χ3v) is 18.7. The summed E-state index contributed by atoms with van der Waals surface area (Å²) in [5.41, 5.74) is 5.48. The topological polar surface area (TPSA) is 68.3 Å². The van der Waals surface area contributed by atoms with Crippen molar-refractivity contribution in [3.63, 3.8) is 0 Å². The van der Waals surface area contributed by atoms with Gasteiger partial charge in [0.25, 0.3) is 0 Å². The SMILES string of the molecule is O=C1C(=CC2=CC3=C(c4sc5c(sc6cc(C=C7C(=O)c8cc9cc(F)c(F)cc9cc8C7=O)sc65)c4C34CCCCC4)C23CCCCC3)C(=O)c2cc3cc(F)c(F)cc3cc21. The second kappa shape index (κ2) is 13.0. The summed E-state index contributed by atoms with van der Waals surface area (Å²) in [5, 5.41) is 1.43. The van der Waals surface area contributed by atoms with E-state index in [1.165, 1.54) is 55.3 Å². The van der Waals surface area contributed by atoms with Gasteiger partial charge in [0.2, 0.25) is 0 Å². The van der Waals surface area contributed by atoms with Crippen molar-refractivity contribution in [3.05, 3.63) is 150 Å². The Morgan fingerprint density at radius 2 is 0.937 bits per heavy atom. The molecule has 2 fully saturated rings. The summed E-state index contributed by atoms with van der Waals surface area (Å²) < 4.78 is 61.3. The molecule has 0 atom stereocenters. The number of fused-ring (bicyclic) bond motifs is 13. The van der Waals surface area contributed by atoms with Gasteiger partial charge in [0.15, 0.2) is 46.4 Å². The molecule has 310 valence electrons. The Hall–Kier alpha value is -5.62. The molecule has 4 aromatic carbocycles. The van der Waals surface area contributed by atoms with Crippen molar-refractivity contribution in [3.8, 4) is 0 Å². The normalized spacial score (nSPS) is 19.8. The molecular formula is C52H32F4O4S3. The van der Waals surface area contributed by atoms with Gasteiger partial charge in [-0.2, -0.15) is 0 Å². The summed E-state index contributed by atoms with van der Waals surface area (Å²) in [5.74, 6) is -5.69. The summed E-state index contributed by atoms with van der Waals surface area (Å²) >= 11 is 5.15. The van der Waals surface area contributed by atoms with E-state index in [0.29, 0.717) is 21.5 Å². The lowest BCUT2D eigenvalue weighted by molar-refractivity contribution is 0.0974. The Balaban J connectivity index is 0.914. The second-order valence-electron chi connectivity index (χ2n) is 18.0. The zero-order valence-electron chi connectivity index (χ0n) is 33.4. The Labute approximate surface area is 368 Å². The second-order valence-corrected chi connectivity index (χ2v) is 21.2. The van der Waals surface area contributed by atoms with Crippen LogP contribution >= 0.6 is 34.0 Å². The van der Waals surface area contributed by atoms with E-state index in [1.54, 1.807) is 28.7 Å².